The summed E-state index contributed by atoms with van der Waals surface area (Å²) in [5.74, 6) is 0. The van der Waals surface area contributed by atoms with Crippen LogP contribution in [0, 0.1) is 13.8 Å². The van der Waals surface area contributed by atoms with Gasteiger partial charge in [0.25, 0.3) is 0 Å². The fourth-order valence-electron chi connectivity index (χ4n) is 5.64. The van der Waals surface area contributed by atoms with E-state index in [1.54, 1.807) is 25.4 Å². The van der Waals surface area contributed by atoms with Crippen molar-refractivity contribution in [3.05, 3.63) is 53.7 Å². The molecule has 2 saturated carbocycles. The molecule has 0 unspecified atom stereocenters. The summed E-state index contributed by atoms with van der Waals surface area (Å²) in [4.78, 5) is 0. The van der Waals surface area contributed by atoms with Crippen LogP contribution in [0.25, 0.3) is 5.69 Å². The van der Waals surface area contributed by atoms with Gasteiger partial charge >= 0.3 is 34.6 Å². The van der Waals surface area contributed by atoms with Crippen LogP contribution < -0.4 is 10.0 Å². The zero-order valence-corrected chi connectivity index (χ0v) is 21.8. The second-order valence-corrected chi connectivity index (χ2v) is 11.9. The van der Waals surface area contributed by atoms with E-state index in [1.165, 1.54) is 81.0 Å². The number of para-hydroxylation sites is 1. The molecular weight excluding hydrogens is 578 g/mol. The number of hydrogen-bond donors (Lipinski definition) is 0. The molecule has 162 valence electrons. The molecule has 4 rings (SSSR count). The Labute approximate surface area is 195 Å². The van der Waals surface area contributed by atoms with E-state index in [0.29, 0.717) is 0 Å². The van der Waals surface area contributed by atoms with Crippen LogP contribution in [0.15, 0.2) is 42.6 Å². The van der Waals surface area contributed by atoms with E-state index in [4.69, 9.17) is 0 Å². The molecular formula is C25H36AuClNP+2. The molecule has 0 bridgehead atoms. The molecule has 1 nitrogen and oxygen atoms in total. The molecule has 1 aromatic heterocycles. The molecule has 0 radical (unpaired) electrons. The number of rotatable bonds is 4. The van der Waals surface area contributed by atoms with Crippen molar-refractivity contribution in [3.63, 3.8) is 0 Å². The summed E-state index contributed by atoms with van der Waals surface area (Å²) in [7, 11) is 4.01. The standard InChI is InChI=1S/C25H35NP.Au.ClH/c1-20-12-11-13-21(2)25(20)26-19-10-9-18-24(26)27(22-14-5-3-6-15-22)23-16-7-4-8-17-23;;/h9-13,18-19,22-23H,3-8,14-17H2,1-2H3;;1H/q2*+1;. The summed E-state index contributed by atoms with van der Waals surface area (Å²) in [5.41, 5.74) is 7.87. The number of hydrogen-bond acceptors (Lipinski definition) is 0. The van der Waals surface area contributed by atoms with Gasteiger partial charge in [0.2, 0.25) is 5.69 Å². The van der Waals surface area contributed by atoms with Gasteiger partial charge in [-0.1, -0.05) is 31.0 Å². The van der Waals surface area contributed by atoms with E-state index >= 15 is 0 Å². The van der Waals surface area contributed by atoms with E-state index in [0.717, 1.165) is 11.3 Å². The summed E-state index contributed by atoms with van der Waals surface area (Å²) in [6.07, 6.45) is 17.0. The predicted octanol–water partition coefficient (Wildman–Crippen LogP) is 6.77. The molecule has 4 heteroatoms. The Morgan fingerprint density at radius 2 is 1.28 bits per heavy atom. The van der Waals surface area contributed by atoms with Gasteiger partial charge in [0.1, 0.15) is 7.92 Å². The Balaban J connectivity index is 0.00000117. The number of nitrogens with zero attached hydrogens (tertiary/aromatic N) is 1. The first-order chi connectivity index (χ1) is 14.3. The minimum absolute atomic E-state index is 0.570. The van der Waals surface area contributed by atoms with Gasteiger partial charge in [-0.05, 0) is 71.3 Å². The molecule has 0 N–H and O–H groups in total. The maximum atomic E-state index is 4.58. The third-order valence-corrected chi connectivity index (χ3v) is 10.8. The minimum atomic E-state index is -0.570. The SMILES string of the molecule is Cc1cccc(C)c1-[n+]1ccccc1[PH+](C1CCCCC1)C1CCCCC1.[Cl][Au]. The van der Waals surface area contributed by atoms with Crippen LogP contribution in [0.4, 0.5) is 0 Å². The molecule has 0 aliphatic heterocycles. The van der Waals surface area contributed by atoms with Crippen LogP contribution in [0.1, 0.15) is 75.3 Å². The van der Waals surface area contributed by atoms with Gasteiger partial charge in [-0.15, -0.1) is 4.57 Å². The maximum absolute atomic E-state index is 4.58. The van der Waals surface area contributed by atoms with Crippen molar-refractivity contribution in [2.24, 2.45) is 0 Å². The van der Waals surface area contributed by atoms with E-state index in [2.05, 4.69) is 70.2 Å². The fourth-order valence-corrected chi connectivity index (χ4v) is 9.95. The number of pyridine rings is 1. The van der Waals surface area contributed by atoms with Crippen LogP contribution >= 0.6 is 17.1 Å². The van der Waals surface area contributed by atoms with Gasteiger partial charge in [-0.2, -0.15) is 0 Å². The second kappa shape index (κ2) is 12.0. The van der Waals surface area contributed by atoms with Crippen molar-refractivity contribution < 1.29 is 24.6 Å². The first-order valence-corrected chi connectivity index (χ1v) is 15.7. The van der Waals surface area contributed by atoms with Crippen molar-refractivity contribution in [3.8, 4) is 5.69 Å². The molecule has 0 spiro atoms. The zero-order valence-electron chi connectivity index (χ0n) is 17.9. The van der Waals surface area contributed by atoms with Gasteiger partial charge in [0.15, 0.2) is 6.20 Å². The summed E-state index contributed by atoms with van der Waals surface area (Å²) in [6.45, 7) is 4.56. The number of benzene rings is 1. The Morgan fingerprint density at radius 1 is 0.759 bits per heavy atom. The fraction of sp³-hybridized carbons (Fsp3) is 0.560. The average molecular weight is 614 g/mol. The Hall–Kier alpha value is -0.170. The predicted molar refractivity (Wildman–Crippen MR) is 125 cm³/mol. The van der Waals surface area contributed by atoms with Crippen LogP contribution in [0.2, 0.25) is 0 Å². The molecule has 0 saturated heterocycles. The summed E-state index contributed by atoms with van der Waals surface area (Å²) < 4.78 is 2.60. The third-order valence-electron chi connectivity index (χ3n) is 6.93. The first kappa shape index (κ1) is 23.5. The van der Waals surface area contributed by atoms with E-state index in [-0.39, 0.29) is 0 Å². The topological polar surface area (TPSA) is 3.88 Å². The summed E-state index contributed by atoms with van der Waals surface area (Å²) in [6, 6.07) is 13.8. The van der Waals surface area contributed by atoms with Crippen LogP contribution in [0.5, 0.6) is 0 Å². The van der Waals surface area contributed by atoms with Crippen LogP contribution in [0.3, 0.4) is 0 Å². The molecule has 1 aromatic carbocycles. The van der Waals surface area contributed by atoms with Crippen molar-refractivity contribution in [1.82, 2.24) is 0 Å². The Morgan fingerprint density at radius 3 is 1.79 bits per heavy atom. The third kappa shape index (κ3) is 5.75. The normalized spacial score (nSPS) is 18.4. The van der Waals surface area contributed by atoms with E-state index < -0.39 is 7.92 Å². The zero-order chi connectivity index (χ0) is 20.6. The van der Waals surface area contributed by atoms with Crippen LogP contribution in [-0.4, -0.2) is 11.3 Å². The molecule has 0 amide bonds. The quantitative estimate of drug-likeness (QED) is 0.204. The molecule has 29 heavy (non-hydrogen) atoms. The summed E-state index contributed by atoms with van der Waals surface area (Å²) in [5, 5.41) is 0. The van der Waals surface area contributed by atoms with Gasteiger partial charge < -0.3 is 0 Å². The van der Waals surface area contributed by atoms with Crippen molar-refractivity contribution in [2.75, 3.05) is 0 Å². The van der Waals surface area contributed by atoms with Crippen molar-refractivity contribution in [1.29, 1.82) is 0 Å². The molecule has 2 fully saturated rings. The Bertz CT molecular complexity index is 731. The monoisotopic (exact) mass is 613 g/mol. The van der Waals surface area contributed by atoms with Gasteiger partial charge in [-0.3, -0.25) is 0 Å². The second-order valence-electron chi connectivity index (χ2n) is 8.82. The first-order valence-electron chi connectivity index (χ1n) is 11.3. The molecule has 0 atom stereocenters. The van der Waals surface area contributed by atoms with Crippen LogP contribution in [-0.2, 0) is 20.0 Å². The van der Waals surface area contributed by atoms with E-state index in [1.807, 2.05) is 0 Å². The number of aromatic nitrogens is 1. The van der Waals surface area contributed by atoms with Gasteiger partial charge in [0, 0.05) is 23.3 Å². The molecule has 1 heterocycles. The Kier molecular flexibility index (Phi) is 9.73. The number of halogens is 1. The average Bonchev–Trinajstić information content (AvgIpc) is 2.78. The van der Waals surface area contributed by atoms with E-state index in [9.17, 15) is 0 Å². The van der Waals surface area contributed by atoms with Crippen molar-refractivity contribution in [2.45, 2.75) is 89.4 Å². The molecule has 2 aromatic rings. The molecule has 2 aliphatic rings. The van der Waals surface area contributed by atoms with Crippen molar-refractivity contribution >= 4 is 22.5 Å². The number of aryl methyl sites for hydroxylation is 2. The summed E-state index contributed by atoms with van der Waals surface area (Å²) >= 11 is 1.75. The van der Waals surface area contributed by atoms with Gasteiger partial charge in [0.05, 0.1) is 11.3 Å². The molecule has 2 aliphatic carbocycles. The van der Waals surface area contributed by atoms with Gasteiger partial charge in [-0.25, -0.2) is 0 Å².